The molecule has 0 aliphatic rings. The van der Waals surface area contributed by atoms with Crippen molar-refractivity contribution in [2.24, 2.45) is 5.73 Å². The summed E-state index contributed by atoms with van der Waals surface area (Å²) in [5, 5.41) is 0. The molecule has 0 spiro atoms. The van der Waals surface area contributed by atoms with Crippen LogP contribution in [0, 0.1) is 6.92 Å². The molecule has 0 unspecified atom stereocenters. The largest absolute Gasteiger partial charge is 0.322 e. The molecule has 0 aliphatic carbocycles. The molecule has 59 valence electrons. The van der Waals surface area contributed by atoms with Gasteiger partial charge in [0.15, 0.2) is 0 Å². The first kappa shape index (κ1) is 8.28. The Balaban J connectivity index is 2.99. The Labute approximate surface area is 68.2 Å². The highest BCUT2D eigenvalue weighted by molar-refractivity contribution is 5.28. The first-order valence-corrected chi connectivity index (χ1v) is 3.71. The van der Waals surface area contributed by atoms with E-state index < -0.39 is 0 Å². The minimum atomic E-state index is -0.242. The van der Waals surface area contributed by atoms with Crippen LogP contribution >= 0.6 is 0 Å². The third kappa shape index (κ3) is 2.05. The molecule has 1 heteroatoms. The Kier molecular flexibility index (Phi) is 2.01. The van der Waals surface area contributed by atoms with Gasteiger partial charge >= 0.3 is 0 Å². The molecule has 0 aliphatic heterocycles. The first-order valence-electron chi connectivity index (χ1n) is 3.71. The van der Waals surface area contributed by atoms with E-state index in [1.807, 2.05) is 38.1 Å². The van der Waals surface area contributed by atoms with Gasteiger partial charge in [0.1, 0.15) is 0 Å². The summed E-state index contributed by atoms with van der Waals surface area (Å²) in [5.74, 6) is 0. The predicted molar refractivity (Wildman–Crippen MR) is 48.1 cm³/mol. The van der Waals surface area contributed by atoms with Gasteiger partial charge in [-0.05, 0) is 31.9 Å². The minimum Gasteiger partial charge on any atom is -0.322 e. The molecule has 0 fully saturated rings. The van der Waals surface area contributed by atoms with Gasteiger partial charge in [-0.25, -0.2) is 0 Å². The molecule has 0 amide bonds. The van der Waals surface area contributed by atoms with Gasteiger partial charge in [-0.1, -0.05) is 24.3 Å². The van der Waals surface area contributed by atoms with Gasteiger partial charge in [0.25, 0.3) is 0 Å². The van der Waals surface area contributed by atoms with E-state index in [1.54, 1.807) is 0 Å². The normalized spacial score (nSPS) is 11.6. The molecule has 11 heavy (non-hydrogen) atoms. The maximum absolute atomic E-state index is 5.89. The summed E-state index contributed by atoms with van der Waals surface area (Å²) < 4.78 is 0. The summed E-state index contributed by atoms with van der Waals surface area (Å²) in [6, 6.07) is 7.98. The van der Waals surface area contributed by atoms with Gasteiger partial charge in [-0.2, -0.15) is 0 Å². The van der Waals surface area contributed by atoms with E-state index in [4.69, 9.17) is 5.73 Å². The number of rotatable bonds is 1. The summed E-state index contributed by atoms with van der Waals surface area (Å²) in [6.45, 7) is 7.79. The lowest BCUT2D eigenvalue weighted by Gasteiger charge is -2.18. The minimum absolute atomic E-state index is 0.242. The van der Waals surface area contributed by atoms with Crippen molar-refractivity contribution in [2.45, 2.75) is 19.4 Å². The van der Waals surface area contributed by atoms with E-state index >= 15 is 0 Å². The van der Waals surface area contributed by atoms with Gasteiger partial charge in [0.05, 0.1) is 0 Å². The maximum atomic E-state index is 5.89. The summed E-state index contributed by atoms with van der Waals surface area (Å²) in [6.07, 6.45) is 0. The second kappa shape index (κ2) is 2.67. The third-order valence-corrected chi connectivity index (χ3v) is 1.70. The Hall–Kier alpha value is -0.820. The van der Waals surface area contributed by atoms with Crippen LogP contribution in [0.25, 0.3) is 0 Å². The topological polar surface area (TPSA) is 26.0 Å². The van der Waals surface area contributed by atoms with Crippen molar-refractivity contribution in [1.29, 1.82) is 0 Å². The lowest BCUT2D eigenvalue weighted by atomic mass is 9.95. The summed E-state index contributed by atoms with van der Waals surface area (Å²) in [5.41, 5.74) is 7.81. The van der Waals surface area contributed by atoms with E-state index in [-0.39, 0.29) is 5.54 Å². The lowest BCUT2D eigenvalue weighted by molar-refractivity contribution is 0.554. The van der Waals surface area contributed by atoms with Crippen LogP contribution in [-0.4, -0.2) is 0 Å². The zero-order valence-electron chi connectivity index (χ0n) is 7.09. The fourth-order valence-corrected chi connectivity index (χ4v) is 0.934. The van der Waals surface area contributed by atoms with Gasteiger partial charge in [0.2, 0.25) is 0 Å². The molecule has 1 aromatic rings. The fraction of sp³-hybridized carbons (Fsp3) is 0.300. The predicted octanol–water partition coefficient (Wildman–Crippen LogP) is 2.06. The molecule has 1 nitrogen and oxygen atoms in total. The number of hydrogen-bond acceptors (Lipinski definition) is 1. The van der Waals surface area contributed by atoms with E-state index in [0.717, 1.165) is 11.1 Å². The zero-order chi connectivity index (χ0) is 8.48. The fourth-order valence-electron chi connectivity index (χ4n) is 0.934. The van der Waals surface area contributed by atoms with Crippen molar-refractivity contribution < 1.29 is 0 Å². The average Bonchev–Trinajstić information content (AvgIpc) is 1.86. The molecule has 2 N–H and O–H groups in total. The van der Waals surface area contributed by atoms with Crippen LogP contribution in [-0.2, 0) is 5.54 Å². The quantitative estimate of drug-likeness (QED) is 0.648. The SMILES string of the molecule is [CH2]c1ccc(C(C)(C)N)cc1. The van der Waals surface area contributed by atoms with Gasteiger partial charge in [0, 0.05) is 5.54 Å². The zero-order valence-corrected chi connectivity index (χ0v) is 7.09. The second-order valence-corrected chi connectivity index (χ2v) is 3.42. The summed E-state index contributed by atoms with van der Waals surface area (Å²) in [7, 11) is 0. The van der Waals surface area contributed by atoms with Crippen molar-refractivity contribution in [1.82, 2.24) is 0 Å². The smallest absolute Gasteiger partial charge is 0.0352 e. The number of nitrogens with two attached hydrogens (primary N) is 1. The Morgan fingerprint density at radius 3 is 2.00 bits per heavy atom. The van der Waals surface area contributed by atoms with E-state index in [0.29, 0.717) is 0 Å². The Bertz CT molecular complexity index is 228. The monoisotopic (exact) mass is 148 g/mol. The van der Waals surface area contributed by atoms with Crippen LogP contribution in [0.15, 0.2) is 24.3 Å². The molecule has 0 bridgehead atoms. The number of benzene rings is 1. The maximum Gasteiger partial charge on any atom is 0.0352 e. The van der Waals surface area contributed by atoms with E-state index in [2.05, 4.69) is 6.92 Å². The van der Waals surface area contributed by atoms with Crippen molar-refractivity contribution in [3.05, 3.63) is 42.3 Å². The van der Waals surface area contributed by atoms with Gasteiger partial charge < -0.3 is 5.73 Å². The van der Waals surface area contributed by atoms with Crippen molar-refractivity contribution in [3.63, 3.8) is 0 Å². The first-order chi connectivity index (χ1) is 5.00. The van der Waals surface area contributed by atoms with Crippen molar-refractivity contribution in [3.8, 4) is 0 Å². The van der Waals surface area contributed by atoms with Crippen LogP contribution < -0.4 is 5.73 Å². The van der Waals surface area contributed by atoms with E-state index in [9.17, 15) is 0 Å². The van der Waals surface area contributed by atoms with E-state index in [1.165, 1.54) is 0 Å². The molecule has 1 rings (SSSR count). The van der Waals surface area contributed by atoms with Crippen LogP contribution in [0.1, 0.15) is 25.0 Å². The molecule has 0 atom stereocenters. The third-order valence-electron chi connectivity index (χ3n) is 1.70. The molecular weight excluding hydrogens is 134 g/mol. The van der Waals surface area contributed by atoms with Crippen LogP contribution in [0.5, 0.6) is 0 Å². The molecule has 0 aromatic heterocycles. The highest BCUT2D eigenvalue weighted by Gasteiger charge is 2.12. The number of hydrogen-bond donors (Lipinski definition) is 1. The summed E-state index contributed by atoms with van der Waals surface area (Å²) >= 11 is 0. The summed E-state index contributed by atoms with van der Waals surface area (Å²) in [4.78, 5) is 0. The van der Waals surface area contributed by atoms with Gasteiger partial charge in [-0.3, -0.25) is 0 Å². The Morgan fingerprint density at radius 1 is 1.18 bits per heavy atom. The van der Waals surface area contributed by atoms with Crippen molar-refractivity contribution in [2.75, 3.05) is 0 Å². The average molecular weight is 148 g/mol. The molecule has 1 radical (unpaired) electrons. The highest BCUT2D eigenvalue weighted by Crippen LogP contribution is 2.16. The van der Waals surface area contributed by atoms with Crippen LogP contribution in [0.2, 0.25) is 0 Å². The van der Waals surface area contributed by atoms with Crippen LogP contribution in [0.4, 0.5) is 0 Å². The second-order valence-electron chi connectivity index (χ2n) is 3.42. The molecule has 0 saturated heterocycles. The standard InChI is InChI=1S/C10H14N/c1-8-4-6-9(7-5-8)10(2,3)11/h4-7H,1,11H2,2-3H3. The molecule has 1 aromatic carbocycles. The lowest BCUT2D eigenvalue weighted by Crippen LogP contribution is -2.28. The molecular formula is C10H14N. The molecule has 0 saturated carbocycles. The van der Waals surface area contributed by atoms with Gasteiger partial charge in [-0.15, -0.1) is 0 Å². The van der Waals surface area contributed by atoms with Crippen molar-refractivity contribution >= 4 is 0 Å². The molecule has 0 heterocycles. The van der Waals surface area contributed by atoms with Crippen LogP contribution in [0.3, 0.4) is 0 Å². The Morgan fingerprint density at radius 2 is 1.64 bits per heavy atom. The highest BCUT2D eigenvalue weighted by atomic mass is 14.7.